The molecule has 4 heteroatoms. The summed E-state index contributed by atoms with van der Waals surface area (Å²) in [5.41, 5.74) is 1.47. The molecule has 1 heterocycles. The van der Waals surface area contributed by atoms with Crippen LogP contribution in [-0.2, 0) is 4.79 Å². The Balaban J connectivity index is 2.48. The summed E-state index contributed by atoms with van der Waals surface area (Å²) in [5.74, 6) is -0.445. The molecule has 1 aliphatic rings. The Kier molecular flexibility index (Phi) is 2.64. The minimum absolute atomic E-state index is 0.152. The van der Waals surface area contributed by atoms with Gasteiger partial charge in [-0.25, -0.2) is 4.39 Å². The predicted molar refractivity (Wildman–Crippen MR) is 62.2 cm³/mol. The molecule has 1 aromatic rings. The molecule has 0 aromatic heterocycles. The van der Waals surface area contributed by atoms with Crippen LogP contribution in [0.4, 0.5) is 15.8 Å². The van der Waals surface area contributed by atoms with Gasteiger partial charge in [0.25, 0.3) is 5.91 Å². The highest BCUT2D eigenvalue weighted by Crippen LogP contribution is 2.32. The number of rotatable bonds is 1. The molecule has 0 spiro atoms. The maximum Gasteiger partial charge on any atom is 0.250 e. The Bertz CT molecular complexity index is 445. The van der Waals surface area contributed by atoms with Crippen molar-refractivity contribution in [3.8, 4) is 0 Å². The summed E-state index contributed by atoms with van der Waals surface area (Å²) in [7, 11) is 1.88. The van der Waals surface area contributed by atoms with Gasteiger partial charge in [0.1, 0.15) is 5.82 Å². The van der Waals surface area contributed by atoms with Crippen LogP contribution in [0.5, 0.6) is 0 Å². The minimum Gasteiger partial charge on any atom is -0.371 e. The minimum atomic E-state index is -0.293. The van der Waals surface area contributed by atoms with Gasteiger partial charge in [-0.1, -0.05) is 6.58 Å². The number of halogens is 1. The molecule has 3 nitrogen and oxygen atoms in total. The van der Waals surface area contributed by atoms with E-state index in [1.165, 1.54) is 18.2 Å². The van der Waals surface area contributed by atoms with Crippen molar-refractivity contribution in [1.82, 2.24) is 0 Å². The molecule has 84 valence electrons. The summed E-state index contributed by atoms with van der Waals surface area (Å²) < 4.78 is 13.1. The lowest BCUT2D eigenvalue weighted by Gasteiger charge is -2.35. The van der Waals surface area contributed by atoms with E-state index in [-0.39, 0.29) is 11.7 Å². The van der Waals surface area contributed by atoms with Gasteiger partial charge in [-0.15, -0.1) is 0 Å². The zero-order chi connectivity index (χ0) is 11.7. The number of anilines is 2. The first-order valence-corrected chi connectivity index (χ1v) is 5.08. The molecule has 0 saturated carbocycles. The van der Waals surface area contributed by atoms with Crippen molar-refractivity contribution >= 4 is 17.3 Å². The van der Waals surface area contributed by atoms with Gasteiger partial charge in [0.15, 0.2) is 0 Å². The Morgan fingerprint density at radius 3 is 2.88 bits per heavy atom. The van der Waals surface area contributed by atoms with Crippen LogP contribution in [0.25, 0.3) is 0 Å². The van der Waals surface area contributed by atoms with Crippen LogP contribution < -0.4 is 9.80 Å². The second kappa shape index (κ2) is 3.96. The van der Waals surface area contributed by atoms with Gasteiger partial charge in [0.2, 0.25) is 0 Å². The zero-order valence-corrected chi connectivity index (χ0v) is 9.11. The molecule has 0 atom stereocenters. The fourth-order valence-electron chi connectivity index (χ4n) is 1.86. The molecule has 1 amide bonds. The second-order valence-electron chi connectivity index (χ2n) is 3.75. The highest BCUT2D eigenvalue weighted by atomic mass is 19.1. The zero-order valence-electron chi connectivity index (χ0n) is 9.11. The number of nitrogens with zero attached hydrogens (tertiary/aromatic N) is 2. The lowest BCUT2D eigenvalue weighted by atomic mass is 10.1. The molecule has 0 saturated heterocycles. The molecule has 0 bridgehead atoms. The number of hydrogen-bond donors (Lipinski definition) is 0. The average Bonchev–Trinajstić information content (AvgIpc) is 2.29. The van der Waals surface area contributed by atoms with Gasteiger partial charge in [-0.3, -0.25) is 4.79 Å². The molecule has 0 N–H and O–H groups in total. The molecule has 0 aliphatic carbocycles. The Labute approximate surface area is 93.8 Å². The summed E-state index contributed by atoms with van der Waals surface area (Å²) in [6.07, 6.45) is 1.28. The van der Waals surface area contributed by atoms with Crippen molar-refractivity contribution in [2.45, 2.75) is 0 Å². The fraction of sp³-hybridized carbons (Fsp3) is 0.250. The van der Waals surface area contributed by atoms with Gasteiger partial charge in [-0.05, 0) is 24.3 Å². The predicted octanol–water partition coefficient (Wildman–Crippen LogP) is 1.79. The Morgan fingerprint density at radius 2 is 2.19 bits per heavy atom. The lowest BCUT2D eigenvalue weighted by molar-refractivity contribution is -0.114. The van der Waals surface area contributed by atoms with Gasteiger partial charge in [0.05, 0.1) is 11.4 Å². The van der Waals surface area contributed by atoms with Crippen LogP contribution in [0.2, 0.25) is 0 Å². The van der Waals surface area contributed by atoms with Gasteiger partial charge >= 0.3 is 0 Å². The topological polar surface area (TPSA) is 23.6 Å². The smallest absolute Gasteiger partial charge is 0.250 e. The number of benzene rings is 1. The normalized spacial score (nSPS) is 14.6. The Morgan fingerprint density at radius 1 is 1.44 bits per heavy atom. The molecular weight excluding hydrogens is 207 g/mol. The summed E-state index contributed by atoms with van der Waals surface area (Å²) in [6.45, 7) is 4.75. The van der Waals surface area contributed by atoms with E-state index < -0.39 is 0 Å². The van der Waals surface area contributed by atoms with Crippen LogP contribution in [-0.4, -0.2) is 26.0 Å². The highest BCUT2D eigenvalue weighted by Gasteiger charge is 2.23. The third-order valence-corrected chi connectivity index (χ3v) is 2.74. The van der Waals surface area contributed by atoms with Gasteiger partial charge in [0, 0.05) is 20.1 Å². The number of amides is 1. The SMILES string of the molecule is C=CC(=O)N1CCN(C)c2cc(F)ccc21. The number of fused-ring (bicyclic) bond motifs is 1. The number of carbonyl (C=O) groups excluding carboxylic acids is 1. The number of carbonyl (C=O) groups is 1. The molecule has 1 aliphatic heterocycles. The standard InChI is InChI=1S/C12H13FN2O/c1-3-12(16)15-7-6-14(2)11-8-9(13)4-5-10(11)15/h3-5,8H,1,6-7H2,2H3. The largest absolute Gasteiger partial charge is 0.371 e. The van der Waals surface area contributed by atoms with Crippen molar-refractivity contribution in [2.75, 3.05) is 29.9 Å². The van der Waals surface area contributed by atoms with Crippen molar-refractivity contribution in [3.63, 3.8) is 0 Å². The third kappa shape index (κ3) is 1.66. The molecule has 16 heavy (non-hydrogen) atoms. The number of hydrogen-bond acceptors (Lipinski definition) is 2. The van der Waals surface area contributed by atoms with Crippen LogP contribution in [0, 0.1) is 5.82 Å². The molecule has 1 aromatic carbocycles. The molecule has 0 radical (unpaired) electrons. The summed E-state index contributed by atoms with van der Waals surface area (Å²) in [5, 5.41) is 0. The first kappa shape index (κ1) is 10.7. The van der Waals surface area contributed by atoms with E-state index in [1.807, 2.05) is 11.9 Å². The highest BCUT2D eigenvalue weighted by molar-refractivity contribution is 6.04. The van der Waals surface area contributed by atoms with Gasteiger partial charge < -0.3 is 9.80 Å². The van der Waals surface area contributed by atoms with Crippen LogP contribution >= 0.6 is 0 Å². The van der Waals surface area contributed by atoms with Crippen molar-refractivity contribution in [2.24, 2.45) is 0 Å². The second-order valence-corrected chi connectivity index (χ2v) is 3.75. The van der Waals surface area contributed by atoms with E-state index in [4.69, 9.17) is 0 Å². The first-order valence-electron chi connectivity index (χ1n) is 5.08. The third-order valence-electron chi connectivity index (χ3n) is 2.74. The monoisotopic (exact) mass is 220 g/mol. The van der Waals surface area contributed by atoms with E-state index in [9.17, 15) is 9.18 Å². The summed E-state index contributed by atoms with van der Waals surface area (Å²) in [6, 6.07) is 4.43. The molecule has 0 fully saturated rings. The van der Waals surface area contributed by atoms with E-state index in [1.54, 1.807) is 11.0 Å². The summed E-state index contributed by atoms with van der Waals surface area (Å²) >= 11 is 0. The fourth-order valence-corrected chi connectivity index (χ4v) is 1.86. The molecule has 0 unspecified atom stereocenters. The molecule has 2 rings (SSSR count). The Hall–Kier alpha value is -1.84. The quantitative estimate of drug-likeness (QED) is 0.674. The summed E-state index contributed by atoms with van der Waals surface area (Å²) in [4.78, 5) is 15.2. The van der Waals surface area contributed by atoms with Crippen LogP contribution in [0.1, 0.15) is 0 Å². The van der Waals surface area contributed by atoms with E-state index in [0.29, 0.717) is 13.1 Å². The van der Waals surface area contributed by atoms with Crippen molar-refractivity contribution in [1.29, 1.82) is 0 Å². The average molecular weight is 220 g/mol. The van der Waals surface area contributed by atoms with Crippen molar-refractivity contribution in [3.05, 3.63) is 36.7 Å². The van der Waals surface area contributed by atoms with Gasteiger partial charge in [-0.2, -0.15) is 0 Å². The molecular formula is C12H13FN2O. The van der Waals surface area contributed by atoms with Crippen molar-refractivity contribution < 1.29 is 9.18 Å². The lowest BCUT2D eigenvalue weighted by Crippen LogP contribution is -2.42. The maximum atomic E-state index is 13.1. The maximum absolute atomic E-state index is 13.1. The van der Waals surface area contributed by atoms with E-state index in [2.05, 4.69) is 6.58 Å². The number of likely N-dealkylation sites (N-methyl/N-ethyl adjacent to an activating group) is 1. The van der Waals surface area contributed by atoms with E-state index in [0.717, 1.165) is 11.4 Å². The van der Waals surface area contributed by atoms with E-state index >= 15 is 0 Å². The van der Waals surface area contributed by atoms with Crippen LogP contribution in [0.15, 0.2) is 30.9 Å². The van der Waals surface area contributed by atoms with Crippen LogP contribution in [0.3, 0.4) is 0 Å². The first-order chi connectivity index (χ1) is 7.63.